The molecule has 5 heteroatoms. The Kier molecular flexibility index (Phi) is 9.97. The predicted molar refractivity (Wildman–Crippen MR) is 84.8 cm³/mol. The minimum Gasteiger partial charge on any atom is -0.260 e. The van der Waals surface area contributed by atoms with Gasteiger partial charge in [0.2, 0.25) is 0 Å². The molecule has 0 aromatic heterocycles. The second-order valence-electron chi connectivity index (χ2n) is 5.14. The SMILES string of the molecule is CC.CS(=O)(=O)C1CCCC1.CS(=O)C1CCCC1. The average Bonchev–Trinajstić information content (AvgIpc) is 3.05. The van der Waals surface area contributed by atoms with E-state index in [4.69, 9.17) is 0 Å². The molecule has 0 aliphatic heterocycles. The Morgan fingerprint density at radius 2 is 1.26 bits per heavy atom. The third-order valence-corrected chi connectivity index (χ3v) is 6.77. The quantitative estimate of drug-likeness (QED) is 0.786. The van der Waals surface area contributed by atoms with Crippen LogP contribution in [0.5, 0.6) is 0 Å². The molecule has 0 spiro atoms. The molecule has 1 atom stereocenters. The molecule has 2 aliphatic carbocycles. The van der Waals surface area contributed by atoms with Gasteiger partial charge in [0.1, 0.15) is 9.84 Å². The lowest BCUT2D eigenvalue weighted by Crippen LogP contribution is -2.14. The smallest absolute Gasteiger partial charge is 0.150 e. The van der Waals surface area contributed by atoms with Gasteiger partial charge in [-0.05, 0) is 25.7 Å². The van der Waals surface area contributed by atoms with Crippen LogP contribution in [-0.4, -0.2) is 35.6 Å². The van der Waals surface area contributed by atoms with Gasteiger partial charge < -0.3 is 0 Å². The third-order valence-electron chi connectivity index (χ3n) is 3.68. The molecule has 0 N–H and O–H groups in total. The van der Waals surface area contributed by atoms with Crippen molar-refractivity contribution >= 4 is 20.6 Å². The zero-order valence-corrected chi connectivity index (χ0v) is 14.5. The van der Waals surface area contributed by atoms with Gasteiger partial charge in [-0.15, -0.1) is 0 Å². The minimum absolute atomic E-state index is 0.0162. The van der Waals surface area contributed by atoms with E-state index in [0.29, 0.717) is 5.25 Å². The van der Waals surface area contributed by atoms with E-state index < -0.39 is 20.6 Å². The Bertz CT molecular complexity index is 338. The molecule has 2 rings (SSSR count). The average molecular weight is 311 g/mol. The highest BCUT2D eigenvalue weighted by atomic mass is 32.2. The van der Waals surface area contributed by atoms with Crippen molar-refractivity contribution in [2.75, 3.05) is 12.5 Å². The maximum atomic E-state index is 10.8. The van der Waals surface area contributed by atoms with Gasteiger partial charge in [0.25, 0.3) is 0 Å². The highest BCUT2D eigenvalue weighted by Gasteiger charge is 2.23. The summed E-state index contributed by atoms with van der Waals surface area (Å²) in [6.45, 7) is 4.00. The topological polar surface area (TPSA) is 51.2 Å². The van der Waals surface area contributed by atoms with Crippen molar-refractivity contribution in [2.24, 2.45) is 0 Å². The molecule has 0 radical (unpaired) electrons. The second-order valence-corrected chi connectivity index (χ2v) is 9.13. The van der Waals surface area contributed by atoms with Crippen LogP contribution in [0.3, 0.4) is 0 Å². The Morgan fingerprint density at radius 3 is 1.47 bits per heavy atom. The summed E-state index contributed by atoms with van der Waals surface area (Å²) in [5, 5.41) is 0.521. The van der Waals surface area contributed by atoms with E-state index in [1.807, 2.05) is 20.1 Å². The van der Waals surface area contributed by atoms with Crippen molar-refractivity contribution in [3.05, 3.63) is 0 Å². The zero-order chi connectivity index (χ0) is 14.9. The van der Waals surface area contributed by atoms with Gasteiger partial charge in [-0.2, -0.15) is 0 Å². The van der Waals surface area contributed by atoms with Crippen LogP contribution in [0.15, 0.2) is 0 Å². The van der Waals surface area contributed by atoms with Crippen molar-refractivity contribution in [3.8, 4) is 0 Å². The van der Waals surface area contributed by atoms with E-state index in [-0.39, 0.29) is 5.25 Å². The lowest BCUT2D eigenvalue weighted by Gasteiger charge is -2.03. The van der Waals surface area contributed by atoms with E-state index in [0.717, 1.165) is 25.7 Å². The first kappa shape index (κ1) is 19.1. The molecule has 0 bridgehead atoms. The van der Waals surface area contributed by atoms with Gasteiger partial charge >= 0.3 is 0 Å². The molecule has 0 amide bonds. The second kappa shape index (κ2) is 9.92. The van der Waals surface area contributed by atoms with Crippen molar-refractivity contribution in [3.63, 3.8) is 0 Å². The Hall–Kier alpha value is 0.1000. The van der Waals surface area contributed by atoms with Crippen molar-refractivity contribution in [1.82, 2.24) is 0 Å². The molecule has 2 fully saturated rings. The number of rotatable bonds is 2. The molecule has 19 heavy (non-hydrogen) atoms. The summed E-state index contributed by atoms with van der Waals surface area (Å²) in [5.74, 6) is 0. The fourth-order valence-corrected chi connectivity index (χ4v) is 4.72. The molecular formula is C14H30O3S2. The predicted octanol–water partition coefficient (Wildman–Crippen LogP) is 3.31. The molecule has 1 unspecified atom stereocenters. The van der Waals surface area contributed by atoms with Crippen LogP contribution in [-0.2, 0) is 20.6 Å². The monoisotopic (exact) mass is 310 g/mol. The van der Waals surface area contributed by atoms with E-state index in [1.54, 1.807) is 0 Å². The van der Waals surface area contributed by atoms with Crippen molar-refractivity contribution in [2.45, 2.75) is 75.7 Å². The largest absolute Gasteiger partial charge is 0.260 e. The van der Waals surface area contributed by atoms with Gasteiger partial charge in [0.05, 0.1) is 5.25 Å². The van der Waals surface area contributed by atoms with Crippen LogP contribution >= 0.6 is 0 Å². The van der Waals surface area contributed by atoms with Crippen molar-refractivity contribution < 1.29 is 12.6 Å². The van der Waals surface area contributed by atoms with E-state index >= 15 is 0 Å². The Morgan fingerprint density at radius 1 is 0.895 bits per heavy atom. The number of hydrogen-bond donors (Lipinski definition) is 0. The molecule has 0 aromatic rings. The number of sulfone groups is 1. The minimum atomic E-state index is -2.70. The first-order valence-corrected chi connectivity index (χ1v) is 11.0. The normalized spacial score (nSPS) is 22.1. The molecule has 0 aromatic carbocycles. The summed E-state index contributed by atoms with van der Waals surface area (Å²) in [6, 6.07) is 0. The van der Waals surface area contributed by atoms with Crippen LogP contribution in [0.4, 0.5) is 0 Å². The van der Waals surface area contributed by atoms with Crippen LogP contribution in [0.25, 0.3) is 0 Å². The fraction of sp³-hybridized carbons (Fsp3) is 1.00. The van der Waals surface area contributed by atoms with Crippen LogP contribution in [0.2, 0.25) is 0 Å². The van der Waals surface area contributed by atoms with E-state index in [2.05, 4.69) is 0 Å². The molecular weight excluding hydrogens is 280 g/mol. The fourth-order valence-electron chi connectivity index (χ4n) is 2.54. The summed E-state index contributed by atoms with van der Waals surface area (Å²) in [4.78, 5) is 0. The molecule has 2 aliphatic rings. The standard InChI is InChI=1S/C6H12O2S.C6H12OS.C2H6/c1-9(7,8)6-4-2-3-5-6;1-8(7)6-4-2-3-5-6;1-2/h6H,2-5H2,1H3;6H,2-5H2,1H3;1-2H3. The summed E-state index contributed by atoms with van der Waals surface area (Å²) < 4.78 is 32.4. The first-order valence-electron chi connectivity index (χ1n) is 7.42. The molecule has 3 nitrogen and oxygen atoms in total. The number of hydrogen-bond acceptors (Lipinski definition) is 3. The first-order chi connectivity index (χ1) is 8.91. The van der Waals surface area contributed by atoms with E-state index in [1.165, 1.54) is 31.9 Å². The highest BCUT2D eigenvalue weighted by Crippen LogP contribution is 2.23. The lowest BCUT2D eigenvalue weighted by atomic mass is 10.4. The third kappa shape index (κ3) is 8.08. The van der Waals surface area contributed by atoms with Crippen LogP contribution in [0, 0.1) is 0 Å². The lowest BCUT2D eigenvalue weighted by molar-refractivity contribution is 0.586. The van der Waals surface area contributed by atoms with E-state index in [9.17, 15) is 12.6 Å². The summed E-state index contributed by atoms with van der Waals surface area (Å²) in [6.07, 6.45) is 12.1. The van der Waals surface area contributed by atoms with Gasteiger partial charge in [0, 0.05) is 28.6 Å². The Labute approximate surface area is 121 Å². The summed E-state index contributed by atoms with van der Waals surface area (Å²) >= 11 is 0. The Balaban J connectivity index is 0.000000303. The molecule has 0 heterocycles. The maximum absolute atomic E-state index is 10.8. The molecule has 116 valence electrons. The van der Waals surface area contributed by atoms with Crippen LogP contribution < -0.4 is 0 Å². The van der Waals surface area contributed by atoms with Gasteiger partial charge in [0.15, 0.2) is 0 Å². The maximum Gasteiger partial charge on any atom is 0.150 e. The summed E-state index contributed by atoms with van der Waals surface area (Å²) in [5.41, 5.74) is 0. The van der Waals surface area contributed by atoms with Gasteiger partial charge in [-0.3, -0.25) is 4.21 Å². The molecule has 0 saturated heterocycles. The van der Waals surface area contributed by atoms with Gasteiger partial charge in [-0.25, -0.2) is 8.42 Å². The summed E-state index contributed by atoms with van der Waals surface area (Å²) in [7, 11) is -3.24. The van der Waals surface area contributed by atoms with Crippen molar-refractivity contribution in [1.29, 1.82) is 0 Å². The van der Waals surface area contributed by atoms with Crippen LogP contribution in [0.1, 0.15) is 65.2 Å². The molecule has 2 saturated carbocycles. The zero-order valence-electron chi connectivity index (χ0n) is 12.9. The highest BCUT2D eigenvalue weighted by molar-refractivity contribution is 7.91. The van der Waals surface area contributed by atoms with Gasteiger partial charge in [-0.1, -0.05) is 39.5 Å².